The summed E-state index contributed by atoms with van der Waals surface area (Å²) in [6.45, 7) is 4.01. The number of primary amides is 1. The van der Waals surface area contributed by atoms with Gasteiger partial charge in [0.25, 0.3) is 11.8 Å². The topological polar surface area (TPSA) is 98.0 Å². The van der Waals surface area contributed by atoms with E-state index in [2.05, 4.69) is 15.3 Å². The Hall–Kier alpha value is -2.28. The van der Waals surface area contributed by atoms with E-state index >= 15 is 0 Å². The average molecular weight is 290 g/mol. The summed E-state index contributed by atoms with van der Waals surface area (Å²) in [6.07, 6.45) is 4.27. The summed E-state index contributed by atoms with van der Waals surface area (Å²) in [6, 6.07) is 1.71. The van der Waals surface area contributed by atoms with Crippen LogP contribution in [0, 0.1) is 0 Å². The number of amides is 2. The molecule has 0 spiro atoms. The van der Waals surface area contributed by atoms with Crippen LogP contribution in [0.3, 0.4) is 0 Å². The number of nitrogens with two attached hydrogens (primary N) is 1. The Morgan fingerprint density at radius 3 is 2.65 bits per heavy atom. The number of rotatable bonds is 4. The molecule has 2 aromatic heterocycles. The molecule has 3 N–H and O–H groups in total. The highest BCUT2D eigenvalue weighted by molar-refractivity contribution is 7.16. The number of anilines is 1. The predicted molar refractivity (Wildman–Crippen MR) is 76.9 cm³/mol. The van der Waals surface area contributed by atoms with Crippen LogP contribution in [0.2, 0.25) is 0 Å². The number of nitrogens with zero attached hydrogens (tertiary/aromatic N) is 2. The summed E-state index contributed by atoms with van der Waals surface area (Å²) in [5, 5.41) is 3.10. The van der Waals surface area contributed by atoms with Gasteiger partial charge in [-0.2, -0.15) is 0 Å². The van der Waals surface area contributed by atoms with Gasteiger partial charge < -0.3 is 11.1 Å². The maximum absolute atomic E-state index is 12.0. The number of thiophene rings is 1. The molecule has 6 nitrogen and oxygen atoms in total. The Morgan fingerprint density at radius 2 is 2.10 bits per heavy atom. The lowest BCUT2D eigenvalue weighted by atomic mass is 10.1. The van der Waals surface area contributed by atoms with Gasteiger partial charge in [0.2, 0.25) is 0 Å². The fourth-order valence-electron chi connectivity index (χ4n) is 1.55. The Morgan fingerprint density at radius 1 is 1.35 bits per heavy atom. The molecule has 2 amide bonds. The van der Waals surface area contributed by atoms with Crippen LogP contribution in [0.25, 0.3) is 0 Å². The summed E-state index contributed by atoms with van der Waals surface area (Å²) >= 11 is 1.34. The van der Waals surface area contributed by atoms with Gasteiger partial charge in [0, 0.05) is 17.3 Å². The van der Waals surface area contributed by atoms with E-state index in [0.29, 0.717) is 10.6 Å². The molecule has 0 bridgehead atoms. The van der Waals surface area contributed by atoms with Crippen LogP contribution >= 0.6 is 11.3 Å². The van der Waals surface area contributed by atoms with Crippen LogP contribution in [0.5, 0.6) is 0 Å². The van der Waals surface area contributed by atoms with Gasteiger partial charge in [0.15, 0.2) is 0 Å². The SMILES string of the molecule is CC(C)c1cc(C(N)=O)c(NC(=O)c2cnccn2)s1. The summed E-state index contributed by atoms with van der Waals surface area (Å²) in [7, 11) is 0. The molecule has 0 fully saturated rings. The average Bonchev–Trinajstić information content (AvgIpc) is 2.84. The third-order valence-corrected chi connectivity index (χ3v) is 3.96. The zero-order chi connectivity index (χ0) is 14.7. The lowest BCUT2D eigenvalue weighted by Gasteiger charge is -2.03. The first-order valence-electron chi connectivity index (χ1n) is 6.00. The largest absolute Gasteiger partial charge is 0.366 e. The highest BCUT2D eigenvalue weighted by Gasteiger charge is 2.18. The molecule has 0 aliphatic heterocycles. The fraction of sp³-hybridized carbons (Fsp3) is 0.231. The number of aromatic nitrogens is 2. The van der Waals surface area contributed by atoms with Crippen LogP contribution in [0.4, 0.5) is 5.00 Å². The van der Waals surface area contributed by atoms with Gasteiger partial charge in [-0.15, -0.1) is 11.3 Å². The summed E-state index contributed by atoms with van der Waals surface area (Å²) in [5.41, 5.74) is 5.83. The van der Waals surface area contributed by atoms with Crippen molar-refractivity contribution >= 4 is 28.2 Å². The maximum Gasteiger partial charge on any atom is 0.276 e. The highest BCUT2D eigenvalue weighted by atomic mass is 32.1. The van der Waals surface area contributed by atoms with E-state index in [0.717, 1.165) is 4.88 Å². The Kier molecular flexibility index (Phi) is 4.09. The van der Waals surface area contributed by atoms with Crippen molar-refractivity contribution in [3.63, 3.8) is 0 Å². The van der Waals surface area contributed by atoms with E-state index < -0.39 is 11.8 Å². The van der Waals surface area contributed by atoms with Gasteiger partial charge >= 0.3 is 0 Å². The number of carbonyl (C=O) groups is 2. The molecule has 0 saturated carbocycles. The minimum Gasteiger partial charge on any atom is -0.366 e. The molecule has 0 aliphatic rings. The summed E-state index contributed by atoms with van der Waals surface area (Å²) < 4.78 is 0. The molecule has 2 rings (SSSR count). The van der Waals surface area contributed by atoms with Gasteiger partial charge in [-0.25, -0.2) is 4.98 Å². The molecular weight excluding hydrogens is 276 g/mol. The monoisotopic (exact) mass is 290 g/mol. The van der Waals surface area contributed by atoms with E-state index in [9.17, 15) is 9.59 Å². The number of nitrogens with one attached hydrogen (secondary N) is 1. The molecule has 0 unspecified atom stereocenters. The molecule has 104 valence electrons. The van der Waals surface area contributed by atoms with Crippen molar-refractivity contribution in [2.75, 3.05) is 5.32 Å². The van der Waals surface area contributed by atoms with Gasteiger partial charge in [0.1, 0.15) is 10.7 Å². The zero-order valence-corrected chi connectivity index (χ0v) is 11.9. The Bertz CT molecular complexity index is 637. The van der Waals surface area contributed by atoms with Crippen LogP contribution in [0.15, 0.2) is 24.7 Å². The summed E-state index contributed by atoms with van der Waals surface area (Å²) in [4.78, 5) is 32.1. The molecular formula is C13H14N4O2S. The van der Waals surface area contributed by atoms with Gasteiger partial charge in [0.05, 0.1) is 11.8 Å². The number of carbonyl (C=O) groups excluding carboxylic acids is 2. The predicted octanol–water partition coefficient (Wildman–Crippen LogP) is 2.01. The summed E-state index contributed by atoms with van der Waals surface area (Å²) in [5.74, 6) is -0.736. The van der Waals surface area contributed by atoms with E-state index in [1.54, 1.807) is 6.07 Å². The standard InChI is InChI=1S/C13H14N4O2S/c1-7(2)10-5-8(11(14)18)13(20-10)17-12(19)9-6-15-3-4-16-9/h3-7H,1-2H3,(H2,14,18)(H,17,19). The molecule has 0 aliphatic carbocycles. The lowest BCUT2D eigenvalue weighted by molar-refractivity contribution is 0.100. The first-order valence-corrected chi connectivity index (χ1v) is 6.81. The van der Waals surface area contributed by atoms with Crippen molar-refractivity contribution in [2.45, 2.75) is 19.8 Å². The minimum atomic E-state index is -0.567. The second-order valence-corrected chi connectivity index (χ2v) is 5.54. The lowest BCUT2D eigenvalue weighted by Crippen LogP contribution is -2.17. The quantitative estimate of drug-likeness (QED) is 0.899. The molecule has 0 saturated heterocycles. The molecule has 0 radical (unpaired) electrons. The smallest absolute Gasteiger partial charge is 0.276 e. The molecule has 0 atom stereocenters. The van der Waals surface area contributed by atoms with Crippen molar-refractivity contribution in [2.24, 2.45) is 5.73 Å². The number of hydrogen-bond donors (Lipinski definition) is 2. The third kappa shape index (κ3) is 3.00. The van der Waals surface area contributed by atoms with E-state index in [-0.39, 0.29) is 11.6 Å². The van der Waals surface area contributed by atoms with Crippen LogP contribution in [-0.4, -0.2) is 21.8 Å². The van der Waals surface area contributed by atoms with Gasteiger partial charge in [-0.05, 0) is 12.0 Å². The van der Waals surface area contributed by atoms with Gasteiger partial charge in [-0.1, -0.05) is 13.8 Å². The zero-order valence-electron chi connectivity index (χ0n) is 11.1. The van der Waals surface area contributed by atoms with E-state index in [4.69, 9.17) is 5.73 Å². The first-order chi connectivity index (χ1) is 9.49. The fourth-order valence-corrected chi connectivity index (χ4v) is 2.62. The third-order valence-electron chi connectivity index (χ3n) is 2.61. The molecule has 2 aromatic rings. The molecule has 2 heterocycles. The molecule has 20 heavy (non-hydrogen) atoms. The second-order valence-electron chi connectivity index (χ2n) is 4.46. The molecule has 0 aromatic carbocycles. The Balaban J connectivity index is 2.29. The van der Waals surface area contributed by atoms with Gasteiger partial charge in [-0.3, -0.25) is 14.6 Å². The van der Waals surface area contributed by atoms with Crippen molar-refractivity contribution < 1.29 is 9.59 Å². The second kappa shape index (κ2) is 5.79. The molecule has 7 heteroatoms. The van der Waals surface area contributed by atoms with E-state index in [1.807, 2.05) is 13.8 Å². The van der Waals surface area contributed by atoms with Crippen LogP contribution < -0.4 is 11.1 Å². The van der Waals surface area contributed by atoms with Crippen LogP contribution in [-0.2, 0) is 0 Å². The number of hydrogen-bond acceptors (Lipinski definition) is 5. The normalized spacial score (nSPS) is 10.6. The Labute approximate surface area is 120 Å². The highest BCUT2D eigenvalue weighted by Crippen LogP contribution is 2.32. The van der Waals surface area contributed by atoms with Crippen molar-refractivity contribution in [1.29, 1.82) is 0 Å². The van der Waals surface area contributed by atoms with Crippen LogP contribution in [0.1, 0.15) is 45.5 Å². The van der Waals surface area contributed by atoms with Crippen molar-refractivity contribution in [3.8, 4) is 0 Å². The minimum absolute atomic E-state index is 0.183. The van der Waals surface area contributed by atoms with Crippen molar-refractivity contribution in [3.05, 3.63) is 40.8 Å². The maximum atomic E-state index is 12.0. The van der Waals surface area contributed by atoms with Crippen molar-refractivity contribution in [1.82, 2.24) is 9.97 Å². The van der Waals surface area contributed by atoms with E-state index in [1.165, 1.54) is 29.9 Å². The first kappa shape index (κ1) is 14.1.